The van der Waals surface area contributed by atoms with Gasteiger partial charge < -0.3 is 9.80 Å². The Kier molecular flexibility index (Phi) is 6.39. The van der Waals surface area contributed by atoms with Gasteiger partial charge in [-0.1, -0.05) is 35.9 Å². The molecule has 0 atom stereocenters. The summed E-state index contributed by atoms with van der Waals surface area (Å²) in [7, 11) is 0. The SMILES string of the molecule is O=C(CN1CCN(c2ccccc2)CC1)NN1CC(=O)N(c2cccc(Cl)c2)CC1=O. The fraction of sp³-hybridized carbons (Fsp3) is 0.318. The monoisotopic (exact) mass is 441 g/mol. The second kappa shape index (κ2) is 9.36. The van der Waals surface area contributed by atoms with Crippen molar-refractivity contribution >= 4 is 40.7 Å². The minimum absolute atomic E-state index is 0.144. The summed E-state index contributed by atoms with van der Waals surface area (Å²) in [6.45, 7) is 2.97. The average Bonchev–Trinajstić information content (AvgIpc) is 2.77. The number of benzene rings is 2. The first kappa shape index (κ1) is 21.1. The summed E-state index contributed by atoms with van der Waals surface area (Å²) < 4.78 is 0. The second-order valence-corrected chi connectivity index (χ2v) is 8.01. The Morgan fingerprint density at radius 1 is 0.871 bits per heavy atom. The Balaban J connectivity index is 1.27. The van der Waals surface area contributed by atoms with Gasteiger partial charge >= 0.3 is 0 Å². The third kappa shape index (κ3) is 5.15. The van der Waals surface area contributed by atoms with Gasteiger partial charge in [0.1, 0.15) is 13.1 Å². The Hall–Kier alpha value is -3.10. The number of nitrogens with one attached hydrogen (secondary N) is 1. The largest absolute Gasteiger partial charge is 0.369 e. The van der Waals surface area contributed by atoms with Crippen molar-refractivity contribution < 1.29 is 14.4 Å². The van der Waals surface area contributed by atoms with Crippen molar-refractivity contribution in [3.63, 3.8) is 0 Å². The van der Waals surface area contributed by atoms with Crippen LogP contribution < -0.4 is 15.2 Å². The van der Waals surface area contributed by atoms with E-state index < -0.39 is 0 Å². The van der Waals surface area contributed by atoms with E-state index in [1.54, 1.807) is 24.3 Å². The maximum atomic E-state index is 12.5. The molecule has 4 rings (SSSR count). The summed E-state index contributed by atoms with van der Waals surface area (Å²) in [5.74, 6) is -0.925. The molecule has 0 aliphatic carbocycles. The molecule has 2 heterocycles. The molecule has 3 amide bonds. The molecule has 2 aromatic rings. The molecule has 0 radical (unpaired) electrons. The van der Waals surface area contributed by atoms with Crippen molar-refractivity contribution in [3.05, 3.63) is 59.6 Å². The van der Waals surface area contributed by atoms with E-state index in [0.717, 1.165) is 31.2 Å². The van der Waals surface area contributed by atoms with E-state index in [-0.39, 0.29) is 37.4 Å². The van der Waals surface area contributed by atoms with Crippen molar-refractivity contribution in [1.82, 2.24) is 15.3 Å². The van der Waals surface area contributed by atoms with Crippen LogP contribution in [0.15, 0.2) is 54.6 Å². The van der Waals surface area contributed by atoms with Gasteiger partial charge in [0.15, 0.2) is 0 Å². The molecule has 2 aliphatic rings. The lowest BCUT2D eigenvalue weighted by atomic mass is 10.2. The van der Waals surface area contributed by atoms with Crippen molar-refractivity contribution in [3.8, 4) is 0 Å². The summed E-state index contributed by atoms with van der Waals surface area (Å²) in [5, 5.41) is 1.59. The Morgan fingerprint density at radius 3 is 2.29 bits per heavy atom. The summed E-state index contributed by atoms with van der Waals surface area (Å²) in [6.07, 6.45) is 0. The zero-order valence-corrected chi connectivity index (χ0v) is 17.8. The number of carbonyl (C=O) groups excluding carboxylic acids is 3. The third-order valence-electron chi connectivity index (χ3n) is 5.43. The van der Waals surface area contributed by atoms with Crippen LogP contribution in [0.1, 0.15) is 0 Å². The number of nitrogens with zero attached hydrogens (tertiary/aromatic N) is 4. The van der Waals surface area contributed by atoms with E-state index in [1.165, 1.54) is 10.6 Å². The molecule has 2 saturated heterocycles. The molecule has 2 aliphatic heterocycles. The molecule has 31 heavy (non-hydrogen) atoms. The predicted octanol–water partition coefficient (Wildman–Crippen LogP) is 1.37. The highest BCUT2D eigenvalue weighted by atomic mass is 35.5. The molecule has 0 saturated carbocycles. The number of carbonyl (C=O) groups is 3. The zero-order chi connectivity index (χ0) is 21.8. The van der Waals surface area contributed by atoms with E-state index in [9.17, 15) is 14.4 Å². The molecule has 2 fully saturated rings. The molecular weight excluding hydrogens is 418 g/mol. The Morgan fingerprint density at radius 2 is 1.58 bits per heavy atom. The van der Waals surface area contributed by atoms with Crippen LogP contribution in [0.3, 0.4) is 0 Å². The van der Waals surface area contributed by atoms with Crippen LogP contribution in [0.25, 0.3) is 0 Å². The maximum Gasteiger partial charge on any atom is 0.261 e. The first-order chi connectivity index (χ1) is 15.0. The van der Waals surface area contributed by atoms with Gasteiger partial charge in [0.25, 0.3) is 11.8 Å². The second-order valence-electron chi connectivity index (χ2n) is 7.57. The highest BCUT2D eigenvalue weighted by Gasteiger charge is 2.32. The summed E-state index contributed by atoms with van der Waals surface area (Å²) in [6, 6.07) is 17.0. The zero-order valence-electron chi connectivity index (χ0n) is 17.0. The molecule has 0 bridgehead atoms. The lowest BCUT2D eigenvalue weighted by Crippen LogP contribution is -2.61. The van der Waals surface area contributed by atoms with Gasteiger partial charge in [0, 0.05) is 42.6 Å². The third-order valence-corrected chi connectivity index (χ3v) is 5.66. The lowest BCUT2D eigenvalue weighted by Gasteiger charge is -2.37. The fourth-order valence-electron chi connectivity index (χ4n) is 3.79. The quantitative estimate of drug-likeness (QED) is 0.758. The first-order valence-electron chi connectivity index (χ1n) is 10.2. The highest BCUT2D eigenvalue weighted by Crippen LogP contribution is 2.21. The van der Waals surface area contributed by atoms with Gasteiger partial charge in [-0.25, -0.2) is 5.01 Å². The van der Waals surface area contributed by atoms with Gasteiger partial charge in [-0.05, 0) is 30.3 Å². The summed E-state index contributed by atoms with van der Waals surface area (Å²) in [5.41, 5.74) is 4.33. The van der Waals surface area contributed by atoms with Crippen LogP contribution in [-0.4, -0.2) is 73.4 Å². The smallest absolute Gasteiger partial charge is 0.261 e. The van der Waals surface area contributed by atoms with Crippen LogP contribution >= 0.6 is 11.6 Å². The topological polar surface area (TPSA) is 76.2 Å². The van der Waals surface area contributed by atoms with Gasteiger partial charge in [-0.2, -0.15) is 0 Å². The number of hydrazine groups is 1. The van der Waals surface area contributed by atoms with Crippen LogP contribution in [0.4, 0.5) is 11.4 Å². The maximum absolute atomic E-state index is 12.5. The number of amides is 3. The van der Waals surface area contributed by atoms with Crippen LogP contribution in [-0.2, 0) is 14.4 Å². The number of piperazine rings is 2. The van der Waals surface area contributed by atoms with E-state index in [1.807, 2.05) is 23.1 Å². The molecule has 8 nitrogen and oxygen atoms in total. The number of para-hydroxylation sites is 1. The molecule has 0 aromatic heterocycles. The summed E-state index contributed by atoms with van der Waals surface area (Å²) in [4.78, 5) is 43.2. The summed E-state index contributed by atoms with van der Waals surface area (Å²) >= 11 is 5.98. The standard InChI is InChI=1S/C22H24ClN5O3/c23-17-5-4-8-19(13-17)27-15-22(31)28(16-21(27)30)24-20(29)14-25-9-11-26(12-10-25)18-6-2-1-3-7-18/h1-8,13H,9-12,14-16H2,(H,24,29). The van der Waals surface area contributed by atoms with Gasteiger partial charge in [0.05, 0.1) is 6.54 Å². The first-order valence-corrected chi connectivity index (χ1v) is 10.6. The Labute approximate surface area is 185 Å². The van der Waals surface area contributed by atoms with E-state index in [0.29, 0.717) is 10.7 Å². The minimum Gasteiger partial charge on any atom is -0.369 e. The average molecular weight is 442 g/mol. The van der Waals surface area contributed by atoms with Crippen LogP contribution in [0, 0.1) is 0 Å². The molecular formula is C22H24ClN5O3. The minimum atomic E-state index is -0.346. The highest BCUT2D eigenvalue weighted by molar-refractivity contribution is 6.31. The van der Waals surface area contributed by atoms with Crippen molar-refractivity contribution in [2.45, 2.75) is 0 Å². The van der Waals surface area contributed by atoms with Crippen molar-refractivity contribution in [2.75, 3.05) is 55.6 Å². The number of rotatable bonds is 5. The van der Waals surface area contributed by atoms with E-state index in [2.05, 4.69) is 22.5 Å². The van der Waals surface area contributed by atoms with Crippen molar-refractivity contribution in [2.24, 2.45) is 0 Å². The molecule has 1 N–H and O–H groups in total. The van der Waals surface area contributed by atoms with Gasteiger partial charge in [-0.3, -0.25) is 24.7 Å². The molecule has 9 heteroatoms. The number of halogens is 1. The molecule has 0 unspecified atom stereocenters. The van der Waals surface area contributed by atoms with Crippen molar-refractivity contribution in [1.29, 1.82) is 0 Å². The van der Waals surface area contributed by atoms with Gasteiger partial charge in [0.2, 0.25) is 5.91 Å². The normalized spacial score (nSPS) is 17.8. The number of hydrogen-bond acceptors (Lipinski definition) is 5. The molecule has 2 aromatic carbocycles. The van der Waals surface area contributed by atoms with E-state index >= 15 is 0 Å². The van der Waals surface area contributed by atoms with E-state index in [4.69, 9.17) is 11.6 Å². The van der Waals surface area contributed by atoms with Crippen LogP contribution in [0.2, 0.25) is 5.02 Å². The van der Waals surface area contributed by atoms with Crippen LogP contribution in [0.5, 0.6) is 0 Å². The lowest BCUT2D eigenvalue weighted by molar-refractivity contribution is -0.146. The molecule has 0 spiro atoms. The molecule has 162 valence electrons. The fourth-order valence-corrected chi connectivity index (χ4v) is 3.98. The number of anilines is 2. The van der Waals surface area contributed by atoms with Gasteiger partial charge in [-0.15, -0.1) is 0 Å². The Bertz CT molecular complexity index is 963. The number of hydrogen-bond donors (Lipinski definition) is 1. The predicted molar refractivity (Wildman–Crippen MR) is 119 cm³/mol.